The number of methoxy groups -OCH3 is 1. The molecule has 0 unspecified atom stereocenters. The fourth-order valence-electron chi connectivity index (χ4n) is 1.58. The largest absolute Gasteiger partial charge is 0.481 e. The Morgan fingerprint density at radius 3 is 2.71 bits per heavy atom. The topological polar surface area (TPSA) is 102 Å². The Labute approximate surface area is 122 Å². The number of aromatic nitrogens is 4. The number of hydrogen-bond acceptors (Lipinski definition) is 7. The van der Waals surface area contributed by atoms with Crippen molar-refractivity contribution in [2.45, 2.75) is 13.8 Å². The first-order valence-corrected chi connectivity index (χ1v) is 6.39. The molecule has 0 saturated carbocycles. The number of nitrogens with one attached hydrogen (secondary N) is 2. The van der Waals surface area contributed by atoms with Crippen LogP contribution in [0.4, 0.5) is 11.8 Å². The maximum Gasteiger partial charge on any atom is 0.278 e. The van der Waals surface area contributed by atoms with E-state index in [0.29, 0.717) is 17.4 Å². The van der Waals surface area contributed by atoms with Crippen LogP contribution < -0.4 is 15.4 Å². The van der Waals surface area contributed by atoms with Gasteiger partial charge in [-0.25, -0.2) is 15.0 Å². The van der Waals surface area contributed by atoms with Gasteiger partial charge in [0.15, 0.2) is 0 Å². The minimum Gasteiger partial charge on any atom is -0.481 e. The van der Waals surface area contributed by atoms with Crippen molar-refractivity contribution in [2.75, 3.05) is 24.3 Å². The number of ether oxygens (including phenoxy) is 1. The molecule has 0 fully saturated rings. The van der Waals surface area contributed by atoms with E-state index in [2.05, 4.69) is 30.6 Å². The van der Waals surface area contributed by atoms with Gasteiger partial charge in [-0.3, -0.25) is 10.1 Å². The maximum atomic E-state index is 12.0. The molecule has 0 spiro atoms. The summed E-state index contributed by atoms with van der Waals surface area (Å²) in [7, 11) is 1.50. The van der Waals surface area contributed by atoms with E-state index in [1.165, 1.54) is 19.5 Å². The van der Waals surface area contributed by atoms with Crippen LogP contribution in [0.2, 0.25) is 0 Å². The highest BCUT2D eigenvalue weighted by molar-refractivity contribution is 6.01. The summed E-state index contributed by atoms with van der Waals surface area (Å²) in [6, 6.07) is 1.67. The van der Waals surface area contributed by atoms with Crippen LogP contribution in [0.5, 0.6) is 5.88 Å². The van der Waals surface area contributed by atoms with Crippen LogP contribution >= 0.6 is 0 Å². The third-order valence-electron chi connectivity index (χ3n) is 2.51. The number of nitrogens with zero attached hydrogens (tertiary/aromatic N) is 4. The Morgan fingerprint density at radius 2 is 2.10 bits per heavy atom. The number of carbonyl (C=O) groups excluding carboxylic acids is 1. The number of aryl methyl sites for hydroxylation is 1. The van der Waals surface area contributed by atoms with E-state index in [0.717, 1.165) is 6.54 Å². The van der Waals surface area contributed by atoms with Crippen molar-refractivity contribution < 1.29 is 9.53 Å². The first-order chi connectivity index (χ1) is 10.1. The highest BCUT2D eigenvalue weighted by Gasteiger charge is 2.11. The van der Waals surface area contributed by atoms with Crippen LogP contribution in [-0.2, 0) is 0 Å². The molecule has 8 nitrogen and oxygen atoms in total. The summed E-state index contributed by atoms with van der Waals surface area (Å²) in [6.45, 7) is 4.47. The number of carbonyl (C=O) groups is 1. The van der Waals surface area contributed by atoms with Gasteiger partial charge in [0.1, 0.15) is 11.5 Å². The molecule has 0 saturated heterocycles. The Hall–Kier alpha value is -2.77. The summed E-state index contributed by atoms with van der Waals surface area (Å²) in [5.41, 5.74) is 0.867. The van der Waals surface area contributed by atoms with Gasteiger partial charge in [0.25, 0.3) is 5.91 Å². The van der Waals surface area contributed by atoms with Gasteiger partial charge in [0.2, 0.25) is 11.8 Å². The molecule has 21 heavy (non-hydrogen) atoms. The van der Waals surface area contributed by atoms with Crippen LogP contribution in [0.25, 0.3) is 0 Å². The lowest BCUT2D eigenvalue weighted by atomic mass is 10.4. The molecular formula is C13H16N6O2. The zero-order valence-corrected chi connectivity index (χ0v) is 12.0. The highest BCUT2D eigenvalue weighted by atomic mass is 16.5. The molecule has 0 aliphatic heterocycles. The fraction of sp³-hybridized carbons (Fsp3) is 0.308. The zero-order chi connectivity index (χ0) is 15.2. The number of hydrogen-bond donors (Lipinski definition) is 2. The minimum atomic E-state index is -0.432. The van der Waals surface area contributed by atoms with Gasteiger partial charge in [-0.15, -0.1) is 0 Å². The number of amides is 1. The van der Waals surface area contributed by atoms with Crippen LogP contribution in [0.15, 0.2) is 18.5 Å². The predicted octanol–water partition coefficient (Wildman–Crippen LogP) is 1.27. The zero-order valence-electron chi connectivity index (χ0n) is 12.0. The lowest BCUT2D eigenvalue weighted by Gasteiger charge is -2.06. The van der Waals surface area contributed by atoms with E-state index >= 15 is 0 Å². The summed E-state index contributed by atoms with van der Waals surface area (Å²) in [5.74, 6) is 0.724. The molecule has 2 rings (SSSR count). The molecule has 0 radical (unpaired) electrons. The van der Waals surface area contributed by atoms with E-state index in [9.17, 15) is 4.79 Å². The van der Waals surface area contributed by atoms with Gasteiger partial charge in [0, 0.05) is 18.3 Å². The van der Waals surface area contributed by atoms with Gasteiger partial charge >= 0.3 is 0 Å². The number of anilines is 2. The van der Waals surface area contributed by atoms with Crippen LogP contribution in [0.3, 0.4) is 0 Å². The fourth-order valence-corrected chi connectivity index (χ4v) is 1.58. The molecular weight excluding hydrogens is 272 g/mol. The molecule has 8 heteroatoms. The standard InChI is InChI=1S/C13H16N6O2/c1-4-14-10-7-15-9(6-16-10)12(20)19-13-17-8(2)5-11(18-13)21-3/h5-7H,4H2,1-3H3,(H,14,16)(H,17,18,19,20). The maximum absolute atomic E-state index is 12.0. The first kappa shape index (κ1) is 14.6. The summed E-state index contributed by atoms with van der Waals surface area (Å²) >= 11 is 0. The summed E-state index contributed by atoms with van der Waals surface area (Å²) < 4.78 is 5.03. The van der Waals surface area contributed by atoms with E-state index in [1.54, 1.807) is 13.0 Å². The van der Waals surface area contributed by atoms with Crippen LogP contribution in [-0.4, -0.2) is 39.5 Å². The quantitative estimate of drug-likeness (QED) is 0.854. The molecule has 0 aliphatic carbocycles. The second-order valence-corrected chi connectivity index (χ2v) is 4.15. The normalized spacial score (nSPS) is 10.0. The average Bonchev–Trinajstić information content (AvgIpc) is 2.47. The summed E-state index contributed by atoms with van der Waals surface area (Å²) in [5, 5.41) is 5.56. The second-order valence-electron chi connectivity index (χ2n) is 4.15. The molecule has 2 heterocycles. The van der Waals surface area contributed by atoms with Gasteiger partial charge in [0.05, 0.1) is 19.5 Å². The van der Waals surface area contributed by atoms with E-state index in [-0.39, 0.29) is 11.6 Å². The average molecular weight is 288 g/mol. The van der Waals surface area contributed by atoms with Crippen molar-refractivity contribution in [1.82, 2.24) is 19.9 Å². The summed E-state index contributed by atoms with van der Waals surface area (Å²) in [4.78, 5) is 28.3. The van der Waals surface area contributed by atoms with Crippen molar-refractivity contribution in [3.8, 4) is 5.88 Å². The molecule has 110 valence electrons. The minimum absolute atomic E-state index is 0.161. The Bertz CT molecular complexity index is 629. The van der Waals surface area contributed by atoms with Crippen molar-refractivity contribution in [3.05, 3.63) is 29.8 Å². The van der Waals surface area contributed by atoms with Crippen LogP contribution in [0, 0.1) is 6.92 Å². The highest BCUT2D eigenvalue weighted by Crippen LogP contribution is 2.12. The van der Waals surface area contributed by atoms with Crippen molar-refractivity contribution in [1.29, 1.82) is 0 Å². The van der Waals surface area contributed by atoms with E-state index in [4.69, 9.17) is 4.74 Å². The Morgan fingerprint density at radius 1 is 1.29 bits per heavy atom. The molecule has 0 atom stereocenters. The van der Waals surface area contributed by atoms with Crippen molar-refractivity contribution in [2.24, 2.45) is 0 Å². The third-order valence-corrected chi connectivity index (χ3v) is 2.51. The number of rotatable bonds is 5. The van der Waals surface area contributed by atoms with Crippen molar-refractivity contribution >= 4 is 17.7 Å². The molecule has 0 aliphatic rings. The van der Waals surface area contributed by atoms with E-state index in [1.807, 2.05) is 6.92 Å². The molecule has 1 amide bonds. The Kier molecular flexibility index (Phi) is 4.60. The lowest BCUT2D eigenvalue weighted by molar-refractivity contribution is 0.102. The second kappa shape index (κ2) is 6.60. The van der Waals surface area contributed by atoms with Gasteiger partial charge < -0.3 is 10.1 Å². The molecule has 2 aromatic heterocycles. The van der Waals surface area contributed by atoms with Gasteiger partial charge in [-0.05, 0) is 13.8 Å². The SMILES string of the molecule is CCNc1cnc(C(=O)Nc2nc(C)cc(OC)n2)cn1. The molecule has 0 bridgehead atoms. The van der Waals surface area contributed by atoms with Crippen LogP contribution in [0.1, 0.15) is 23.1 Å². The van der Waals surface area contributed by atoms with Gasteiger partial charge in [-0.1, -0.05) is 0 Å². The first-order valence-electron chi connectivity index (χ1n) is 6.39. The monoisotopic (exact) mass is 288 g/mol. The molecule has 2 N–H and O–H groups in total. The van der Waals surface area contributed by atoms with Crippen molar-refractivity contribution in [3.63, 3.8) is 0 Å². The third kappa shape index (κ3) is 3.85. The Balaban J connectivity index is 2.12. The van der Waals surface area contributed by atoms with E-state index < -0.39 is 5.91 Å². The molecule has 0 aromatic carbocycles. The summed E-state index contributed by atoms with van der Waals surface area (Å²) in [6.07, 6.45) is 2.89. The predicted molar refractivity (Wildman–Crippen MR) is 77.5 cm³/mol. The van der Waals surface area contributed by atoms with Gasteiger partial charge in [-0.2, -0.15) is 4.98 Å². The smallest absolute Gasteiger partial charge is 0.278 e. The molecule has 2 aromatic rings. The lowest BCUT2D eigenvalue weighted by Crippen LogP contribution is -2.16.